The maximum absolute atomic E-state index is 14.6. The average Bonchev–Trinajstić information content (AvgIpc) is 3.69. The molecule has 48 heavy (non-hydrogen) atoms. The molecule has 3 aliphatic rings. The first kappa shape index (κ1) is 31.4. The first-order valence-corrected chi connectivity index (χ1v) is 16.1. The Bertz CT molecular complexity index is 2020. The number of fused-ring (bicyclic) bond motifs is 3. The van der Waals surface area contributed by atoms with E-state index in [1.807, 2.05) is 0 Å². The Hall–Kier alpha value is -5.17. The van der Waals surface area contributed by atoms with Crippen molar-refractivity contribution in [1.29, 1.82) is 0 Å². The fourth-order valence-electron chi connectivity index (χ4n) is 6.25. The number of benzene rings is 2. The summed E-state index contributed by atoms with van der Waals surface area (Å²) >= 11 is 1.04. The molecule has 244 valence electrons. The Morgan fingerprint density at radius 2 is 1.77 bits per heavy atom. The van der Waals surface area contributed by atoms with E-state index in [9.17, 15) is 31.9 Å². The van der Waals surface area contributed by atoms with Crippen molar-refractivity contribution in [1.82, 2.24) is 4.98 Å². The van der Waals surface area contributed by atoms with Crippen LogP contribution in [0.3, 0.4) is 0 Å². The normalized spacial score (nSPS) is 16.9. The molecule has 2 aliphatic heterocycles. The van der Waals surface area contributed by atoms with Gasteiger partial charge < -0.3 is 15.5 Å². The topological polar surface area (TPSA) is 104 Å². The maximum Gasteiger partial charge on any atom is 0.419 e. The van der Waals surface area contributed by atoms with Gasteiger partial charge in [0.15, 0.2) is 0 Å². The number of alkyl halides is 3. The highest BCUT2D eigenvalue weighted by atomic mass is 32.1. The second-order valence-corrected chi connectivity index (χ2v) is 12.8. The van der Waals surface area contributed by atoms with Crippen molar-refractivity contribution in [3.63, 3.8) is 0 Å². The van der Waals surface area contributed by atoms with Gasteiger partial charge in [-0.25, -0.2) is 9.37 Å². The number of hydrogen-bond donors (Lipinski definition) is 2. The summed E-state index contributed by atoms with van der Waals surface area (Å²) < 4.78 is 55.0. The molecule has 0 radical (unpaired) electrons. The number of anilines is 3. The van der Waals surface area contributed by atoms with Gasteiger partial charge in [0.25, 0.3) is 11.8 Å². The van der Waals surface area contributed by atoms with Crippen molar-refractivity contribution in [2.75, 3.05) is 22.1 Å². The Labute approximate surface area is 276 Å². The van der Waals surface area contributed by atoms with Crippen LogP contribution in [-0.4, -0.2) is 35.5 Å². The Kier molecular flexibility index (Phi) is 8.15. The SMILES string of the molecule is O=C(Nc1ncccc1C(F)(F)F)c1cc2c(s1)-c1ccc(F)cc1N(C(=O)c1ccc(NC(=O)C3C=NC4=C(CCC4)C3)cc1)CC2. The van der Waals surface area contributed by atoms with Crippen molar-refractivity contribution in [2.24, 2.45) is 10.9 Å². The zero-order chi connectivity index (χ0) is 33.6. The number of rotatable bonds is 5. The van der Waals surface area contributed by atoms with Crippen LogP contribution in [0.1, 0.15) is 56.8 Å². The molecule has 0 saturated carbocycles. The van der Waals surface area contributed by atoms with E-state index >= 15 is 0 Å². The fraction of sp³-hybridized carbons (Fsp3) is 0.229. The van der Waals surface area contributed by atoms with Crippen LogP contribution in [0, 0.1) is 11.7 Å². The van der Waals surface area contributed by atoms with E-state index in [0.717, 1.165) is 54.6 Å². The first-order valence-electron chi connectivity index (χ1n) is 15.3. The molecule has 1 atom stereocenters. The number of nitrogens with zero attached hydrogens (tertiary/aromatic N) is 3. The minimum absolute atomic E-state index is 0.145. The lowest BCUT2D eigenvalue weighted by Crippen LogP contribution is -2.32. The van der Waals surface area contributed by atoms with Crippen LogP contribution < -0.4 is 15.5 Å². The Morgan fingerprint density at radius 1 is 0.958 bits per heavy atom. The second-order valence-electron chi connectivity index (χ2n) is 11.7. The first-order chi connectivity index (χ1) is 23.0. The second kappa shape index (κ2) is 12.5. The lowest BCUT2D eigenvalue weighted by atomic mass is 9.96. The number of amides is 3. The molecule has 3 amide bonds. The molecule has 0 saturated heterocycles. The third-order valence-electron chi connectivity index (χ3n) is 8.64. The van der Waals surface area contributed by atoms with E-state index in [-0.39, 0.29) is 29.2 Å². The lowest BCUT2D eigenvalue weighted by molar-refractivity contribution is -0.137. The molecule has 0 fully saturated rings. The number of aromatic nitrogens is 1. The predicted octanol–water partition coefficient (Wildman–Crippen LogP) is 7.89. The molecular weight excluding hydrogens is 646 g/mol. The molecule has 1 unspecified atom stereocenters. The molecule has 2 aromatic heterocycles. The molecule has 13 heteroatoms. The fourth-order valence-corrected chi connectivity index (χ4v) is 7.39. The monoisotopic (exact) mass is 673 g/mol. The van der Waals surface area contributed by atoms with Crippen LogP contribution >= 0.6 is 11.3 Å². The molecule has 0 bridgehead atoms. The number of aliphatic imine (C=N–C) groups is 1. The molecule has 2 N–H and O–H groups in total. The maximum atomic E-state index is 14.6. The van der Waals surface area contributed by atoms with E-state index in [2.05, 4.69) is 20.6 Å². The van der Waals surface area contributed by atoms with Gasteiger partial charge in [-0.3, -0.25) is 19.4 Å². The number of halogens is 4. The van der Waals surface area contributed by atoms with Gasteiger partial charge in [-0.2, -0.15) is 13.2 Å². The van der Waals surface area contributed by atoms with Crippen molar-refractivity contribution in [3.8, 4) is 10.4 Å². The number of hydrogen-bond acceptors (Lipinski definition) is 6. The Balaban J connectivity index is 1.09. The Morgan fingerprint density at radius 3 is 2.56 bits per heavy atom. The molecule has 8 nitrogen and oxygen atoms in total. The molecule has 0 spiro atoms. The summed E-state index contributed by atoms with van der Waals surface area (Å²) in [5.41, 5.74) is 3.62. The van der Waals surface area contributed by atoms with E-state index in [0.29, 0.717) is 45.8 Å². The lowest BCUT2D eigenvalue weighted by Gasteiger charge is -2.23. The summed E-state index contributed by atoms with van der Waals surface area (Å²) in [6, 6.07) is 14.0. The zero-order valence-electron chi connectivity index (χ0n) is 25.2. The number of pyridine rings is 1. The van der Waals surface area contributed by atoms with E-state index < -0.39 is 29.3 Å². The van der Waals surface area contributed by atoms with Gasteiger partial charge in [0.2, 0.25) is 5.91 Å². The highest BCUT2D eigenvalue weighted by Crippen LogP contribution is 2.43. The van der Waals surface area contributed by atoms with Gasteiger partial charge in [-0.1, -0.05) is 0 Å². The van der Waals surface area contributed by atoms with Crippen LogP contribution in [0.25, 0.3) is 10.4 Å². The quantitative estimate of drug-likeness (QED) is 0.210. The van der Waals surface area contributed by atoms with Gasteiger partial charge >= 0.3 is 6.18 Å². The van der Waals surface area contributed by atoms with Crippen molar-refractivity contribution < 1.29 is 31.9 Å². The zero-order valence-corrected chi connectivity index (χ0v) is 26.1. The predicted molar refractivity (Wildman–Crippen MR) is 175 cm³/mol. The number of nitrogens with one attached hydrogen (secondary N) is 2. The van der Waals surface area contributed by atoms with Crippen molar-refractivity contribution >= 4 is 52.5 Å². The van der Waals surface area contributed by atoms with Crippen molar-refractivity contribution in [3.05, 3.63) is 106 Å². The smallest absolute Gasteiger partial charge is 0.326 e. The molecule has 4 aromatic rings. The summed E-state index contributed by atoms with van der Waals surface area (Å²) in [6.07, 6.45) is 2.10. The van der Waals surface area contributed by atoms with Crippen LogP contribution in [0.15, 0.2) is 83.1 Å². The largest absolute Gasteiger partial charge is 0.419 e. The van der Waals surface area contributed by atoms with Crippen LogP contribution in [-0.2, 0) is 17.4 Å². The molecule has 2 aromatic carbocycles. The molecule has 7 rings (SSSR count). The summed E-state index contributed by atoms with van der Waals surface area (Å²) in [5, 5.41) is 5.17. The van der Waals surface area contributed by atoms with Gasteiger partial charge in [0.1, 0.15) is 11.6 Å². The van der Waals surface area contributed by atoms with Crippen molar-refractivity contribution in [2.45, 2.75) is 38.3 Å². The summed E-state index contributed by atoms with van der Waals surface area (Å²) in [6.45, 7) is 0.149. The summed E-state index contributed by atoms with van der Waals surface area (Å²) in [4.78, 5) is 50.2. The van der Waals surface area contributed by atoms with E-state index in [1.165, 1.54) is 28.7 Å². The van der Waals surface area contributed by atoms with Gasteiger partial charge in [-0.15, -0.1) is 11.3 Å². The third kappa shape index (κ3) is 6.13. The van der Waals surface area contributed by atoms with Gasteiger partial charge in [-0.05, 0) is 104 Å². The van der Waals surface area contributed by atoms with Crippen LogP contribution in [0.5, 0.6) is 0 Å². The number of carbonyl (C=O) groups excluding carboxylic acids is 3. The van der Waals surface area contributed by atoms with E-state index in [4.69, 9.17) is 0 Å². The highest BCUT2D eigenvalue weighted by Gasteiger charge is 2.35. The number of thiophene rings is 1. The highest BCUT2D eigenvalue weighted by molar-refractivity contribution is 7.17. The minimum Gasteiger partial charge on any atom is -0.326 e. The molecule has 1 aliphatic carbocycles. The van der Waals surface area contributed by atoms with E-state index in [1.54, 1.807) is 36.5 Å². The van der Waals surface area contributed by atoms with Crippen LogP contribution in [0.4, 0.5) is 34.8 Å². The molecular formula is C35H27F4N5O3S. The van der Waals surface area contributed by atoms with Crippen LogP contribution in [0.2, 0.25) is 0 Å². The number of allylic oxidation sites excluding steroid dienone is 2. The minimum atomic E-state index is -4.71. The van der Waals surface area contributed by atoms with Gasteiger partial charge in [0, 0.05) is 46.3 Å². The molecule has 4 heterocycles. The summed E-state index contributed by atoms with van der Waals surface area (Å²) in [7, 11) is 0. The summed E-state index contributed by atoms with van der Waals surface area (Å²) in [5.74, 6) is -2.85. The third-order valence-corrected chi connectivity index (χ3v) is 9.85. The number of carbonyl (C=O) groups is 3. The average molecular weight is 674 g/mol. The van der Waals surface area contributed by atoms with Gasteiger partial charge in [0.05, 0.1) is 22.0 Å². The standard InChI is InChI=1S/C35H27F4N5O3S/c36-23-8-11-25-28(17-23)44(14-12-21-16-29(48-30(21)25)33(46)43-31-26(35(37,38)39)4-2-13-40-31)34(47)19-6-9-24(10-7-19)42-32(45)22-15-20-3-1-5-27(20)41-18-22/h2,4,6-11,13,16-18,22H,1,3,5,12,14-15H2,(H,42,45)(H,40,43,46).